The first-order chi connectivity index (χ1) is 10.5. The van der Waals surface area contributed by atoms with Gasteiger partial charge in [-0.2, -0.15) is 0 Å². The number of halogens is 3. The highest BCUT2D eigenvalue weighted by atomic mass is 79.9. The summed E-state index contributed by atoms with van der Waals surface area (Å²) >= 11 is 12.9. The molecule has 0 aliphatic carbocycles. The maximum Gasteiger partial charge on any atom is 0.242 e. The zero-order valence-corrected chi connectivity index (χ0v) is 14.9. The molecule has 0 saturated heterocycles. The van der Waals surface area contributed by atoms with Crippen molar-refractivity contribution < 1.29 is 9.59 Å². The molecular weight excluding hydrogens is 433 g/mol. The van der Waals surface area contributed by atoms with Crippen LogP contribution in [0.2, 0.25) is 5.02 Å². The Morgan fingerprint density at radius 1 is 1.18 bits per heavy atom. The smallest absolute Gasteiger partial charge is 0.242 e. The number of hydrogen-bond acceptors (Lipinski definition) is 2. The molecule has 0 saturated carbocycles. The fourth-order valence-corrected chi connectivity index (χ4v) is 3.28. The van der Waals surface area contributed by atoms with Gasteiger partial charge in [0.2, 0.25) is 5.78 Å². The maximum atomic E-state index is 12.0. The second kappa shape index (κ2) is 5.99. The van der Waals surface area contributed by atoms with Crippen molar-refractivity contribution in [3.63, 3.8) is 0 Å². The third kappa shape index (κ3) is 2.64. The van der Waals surface area contributed by atoms with E-state index in [1.807, 2.05) is 30.3 Å². The molecule has 0 radical (unpaired) electrons. The number of ketones is 1. The molecule has 1 heterocycles. The van der Waals surface area contributed by atoms with E-state index in [1.165, 1.54) is 0 Å². The van der Waals surface area contributed by atoms with Crippen LogP contribution in [0.25, 0.3) is 22.0 Å². The topological polar surface area (TPSA) is 49.9 Å². The third-order valence-corrected chi connectivity index (χ3v) is 5.00. The lowest BCUT2D eigenvalue weighted by Crippen LogP contribution is -2.02. The number of hydrogen-bond donors (Lipinski definition) is 1. The number of carbonyl (C=O) groups excluding carboxylic acids is 2. The highest BCUT2D eigenvalue weighted by Gasteiger charge is 2.20. The van der Waals surface area contributed by atoms with Gasteiger partial charge in [-0.05, 0) is 45.8 Å². The van der Waals surface area contributed by atoms with Crippen LogP contribution in [0.5, 0.6) is 0 Å². The van der Waals surface area contributed by atoms with E-state index in [2.05, 4.69) is 36.8 Å². The number of aromatic amines is 1. The number of carbonyl (C=O) groups is 2. The molecule has 3 rings (SSSR count). The lowest BCUT2D eigenvalue weighted by molar-refractivity contribution is -0.104. The van der Waals surface area contributed by atoms with Gasteiger partial charge in [-0.25, -0.2) is 0 Å². The molecule has 2 aromatic carbocycles. The summed E-state index contributed by atoms with van der Waals surface area (Å²) in [6, 6.07) is 11.1. The summed E-state index contributed by atoms with van der Waals surface area (Å²) in [7, 11) is 0. The zero-order valence-electron chi connectivity index (χ0n) is 11.0. The van der Waals surface area contributed by atoms with Gasteiger partial charge in [0.25, 0.3) is 0 Å². The summed E-state index contributed by atoms with van der Waals surface area (Å²) in [5, 5.41) is 1.35. The molecule has 0 atom stereocenters. The Morgan fingerprint density at radius 3 is 2.64 bits per heavy atom. The summed E-state index contributed by atoms with van der Waals surface area (Å²) in [6.45, 7) is 0. The van der Waals surface area contributed by atoms with Crippen LogP contribution in [0.1, 0.15) is 10.5 Å². The first-order valence-corrected chi connectivity index (χ1v) is 8.24. The Bertz CT molecular complexity index is 918. The first-order valence-electron chi connectivity index (χ1n) is 6.27. The van der Waals surface area contributed by atoms with Gasteiger partial charge in [0, 0.05) is 25.4 Å². The predicted octanol–water partition coefficient (Wildman–Crippen LogP) is 5.39. The average Bonchev–Trinajstić information content (AvgIpc) is 2.85. The minimum absolute atomic E-state index is 0.261. The van der Waals surface area contributed by atoms with Crippen molar-refractivity contribution in [2.24, 2.45) is 0 Å². The van der Waals surface area contributed by atoms with Gasteiger partial charge in [-0.15, -0.1) is 0 Å². The fraction of sp³-hybridized carbons (Fsp3) is 0. The van der Waals surface area contributed by atoms with Crippen molar-refractivity contribution in [2.75, 3.05) is 0 Å². The molecule has 3 nitrogen and oxygen atoms in total. The number of H-pyrrole nitrogens is 1. The van der Waals surface area contributed by atoms with Crippen LogP contribution in [0, 0.1) is 0 Å². The van der Waals surface area contributed by atoms with Gasteiger partial charge in [0.15, 0.2) is 6.29 Å². The van der Waals surface area contributed by atoms with Gasteiger partial charge < -0.3 is 4.98 Å². The molecule has 0 aliphatic heterocycles. The second-order valence-corrected chi connectivity index (χ2v) is 6.86. The predicted molar refractivity (Wildman–Crippen MR) is 94.5 cm³/mol. The summed E-state index contributed by atoms with van der Waals surface area (Å²) in [5.74, 6) is -0.599. The number of fused-ring (bicyclic) bond motifs is 1. The third-order valence-electron chi connectivity index (χ3n) is 3.31. The van der Waals surface area contributed by atoms with E-state index >= 15 is 0 Å². The van der Waals surface area contributed by atoms with Gasteiger partial charge >= 0.3 is 0 Å². The van der Waals surface area contributed by atoms with Crippen LogP contribution in [0.15, 0.2) is 45.3 Å². The van der Waals surface area contributed by atoms with Crippen molar-refractivity contribution in [3.8, 4) is 11.1 Å². The Kier molecular flexibility index (Phi) is 4.21. The van der Waals surface area contributed by atoms with E-state index in [1.54, 1.807) is 6.07 Å². The van der Waals surface area contributed by atoms with Crippen molar-refractivity contribution in [1.29, 1.82) is 0 Å². The molecule has 0 fully saturated rings. The molecule has 0 amide bonds. The van der Waals surface area contributed by atoms with Crippen LogP contribution >= 0.6 is 43.5 Å². The molecule has 1 N–H and O–H groups in total. The van der Waals surface area contributed by atoms with Crippen LogP contribution in [0.4, 0.5) is 0 Å². The van der Waals surface area contributed by atoms with Crippen molar-refractivity contribution in [3.05, 3.63) is 56.1 Å². The number of rotatable bonds is 3. The molecule has 0 bridgehead atoms. The summed E-state index contributed by atoms with van der Waals surface area (Å²) < 4.78 is 1.61. The quantitative estimate of drug-likeness (QED) is 0.336. The SMILES string of the molecule is O=CC(=O)c1[nH]c2cc(Cl)c(Br)cc2c1-c1cccc(Br)c1. The highest BCUT2D eigenvalue weighted by Crippen LogP contribution is 2.37. The van der Waals surface area contributed by atoms with E-state index in [4.69, 9.17) is 11.6 Å². The van der Waals surface area contributed by atoms with Crippen LogP contribution < -0.4 is 0 Å². The van der Waals surface area contributed by atoms with Crippen LogP contribution in [-0.2, 0) is 4.79 Å². The second-order valence-electron chi connectivity index (χ2n) is 4.68. The molecule has 110 valence electrons. The zero-order chi connectivity index (χ0) is 15.9. The lowest BCUT2D eigenvalue weighted by Gasteiger charge is -2.04. The van der Waals surface area contributed by atoms with Gasteiger partial charge in [0.1, 0.15) is 0 Å². The first kappa shape index (κ1) is 15.5. The number of aromatic nitrogens is 1. The van der Waals surface area contributed by atoms with E-state index in [-0.39, 0.29) is 5.69 Å². The molecule has 1 aromatic heterocycles. The molecule has 3 aromatic rings. The minimum Gasteiger partial charge on any atom is -0.351 e. The number of benzene rings is 2. The van der Waals surface area contributed by atoms with E-state index in [9.17, 15) is 9.59 Å². The maximum absolute atomic E-state index is 12.0. The van der Waals surface area contributed by atoms with E-state index in [0.29, 0.717) is 22.4 Å². The van der Waals surface area contributed by atoms with E-state index < -0.39 is 5.78 Å². The van der Waals surface area contributed by atoms with Crippen molar-refractivity contribution in [1.82, 2.24) is 4.98 Å². The molecule has 0 spiro atoms. The summed E-state index contributed by atoms with van der Waals surface area (Å²) in [5.41, 5.74) is 2.48. The molecular formula is C16H8Br2ClNO2. The summed E-state index contributed by atoms with van der Waals surface area (Å²) in [6.07, 6.45) is 0.308. The molecule has 0 unspecified atom stereocenters. The minimum atomic E-state index is -0.599. The fourth-order valence-electron chi connectivity index (χ4n) is 2.38. The van der Waals surface area contributed by atoms with Crippen molar-refractivity contribution >= 4 is 66.4 Å². The van der Waals surface area contributed by atoms with Gasteiger partial charge in [-0.3, -0.25) is 9.59 Å². The van der Waals surface area contributed by atoms with Crippen molar-refractivity contribution in [2.45, 2.75) is 0 Å². The van der Waals surface area contributed by atoms with Gasteiger partial charge in [0.05, 0.1) is 10.7 Å². The Morgan fingerprint density at radius 2 is 1.95 bits per heavy atom. The molecule has 6 heteroatoms. The Labute approximate surface area is 147 Å². The normalized spacial score (nSPS) is 10.9. The Hall–Kier alpha value is -1.43. The highest BCUT2D eigenvalue weighted by molar-refractivity contribution is 9.10. The number of aldehydes is 1. The number of Topliss-reactive ketones (excluding diaryl/α,β-unsaturated/α-hetero) is 1. The largest absolute Gasteiger partial charge is 0.351 e. The van der Waals surface area contributed by atoms with Crippen LogP contribution in [0.3, 0.4) is 0 Å². The van der Waals surface area contributed by atoms with Crippen LogP contribution in [-0.4, -0.2) is 17.1 Å². The molecule has 0 aliphatic rings. The van der Waals surface area contributed by atoms with E-state index in [0.717, 1.165) is 19.9 Å². The van der Waals surface area contributed by atoms with Gasteiger partial charge in [-0.1, -0.05) is 39.7 Å². The molecule has 22 heavy (non-hydrogen) atoms. The standard InChI is InChI=1S/C16H8Br2ClNO2/c17-9-3-1-2-8(4-9)15-10-5-11(18)12(19)6-13(10)20-16(15)14(22)7-21/h1-7,20H. The average molecular weight is 442 g/mol. The lowest BCUT2D eigenvalue weighted by atomic mass is 10.0. The summed E-state index contributed by atoms with van der Waals surface area (Å²) in [4.78, 5) is 25.9. The monoisotopic (exact) mass is 439 g/mol. The number of nitrogens with one attached hydrogen (secondary N) is 1. The Balaban J connectivity index is 2.41.